The van der Waals surface area contributed by atoms with Gasteiger partial charge in [-0.1, -0.05) is 25.3 Å². The summed E-state index contributed by atoms with van der Waals surface area (Å²) < 4.78 is 5.31. The maximum Gasteiger partial charge on any atom is 0.262 e. The normalized spacial score (nSPS) is 15.7. The van der Waals surface area contributed by atoms with Crippen LogP contribution in [0.5, 0.6) is 11.5 Å². The molecule has 5 heteroatoms. The molecule has 0 heterocycles. The predicted octanol–water partition coefficient (Wildman–Crippen LogP) is 3.15. The number of hydrogen-bond donors (Lipinski definition) is 2. The fourth-order valence-corrected chi connectivity index (χ4v) is 2.72. The largest absolute Gasteiger partial charge is 0.504 e. The maximum absolute atomic E-state index is 12.2. The second kappa shape index (κ2) is 8.23. The molecule has 1 aromatic carbocycles. The molecule has 0 atom stereocenters. The van der Waals surface area contributed by atoms with Gasteiger partial charge in [0.05, 0.1) is 6.61 Å². The number of phenolic OH excluding ortho intramolecular Hbond substituents is 1. The van der Waals surface area contributed by atoms with Gasteiger partial charge in [0.2, 0.25) is 0 Å². The molecule has 1 saturated carbocycles. The summed E-state index contributed by atoms with van der Waals surface area (Å²) in [6.07, 6.45) is 6.90. The summed E-state index contributed by atoms with van der Waals surface area (Å²) in [5.74, 6) is 0.0332. The molecule has 2 N–H and O–H groups in total. The van der Waals surface area contributed by atoms with Crippen LogP contribution in [-0.4, -0.2) is 23.7 Å². The molecule has 1 fully saturated rings. The first kappa shape index (κ1) is 16.9. The zero-order chi connectivity index (χ0) is 16.7. The molecular weight excluding hydrogens is 292 g/mol. The van der Waals surface area contributed by atoms with E-state index in [4.69, 9.17) is 4.74 Å². The van der Waals surface area contributed by atoms with Gasteiger partial charge in [-0.3, -0.25) is 4.79 Å². The van der Waals surface area contributed by atoms with Crippen LogP contribution in [0, 0.1) is 11.3 Å². The van der Waals surface area contributed by atoms with Gasteiger partial charge in [-0.05, 0) is 43.5 Å². The van der Waals surface area contributed by atoms with Gasteiger partial charge in [0.15, 0.2) is 11.5 Å². The first-order chi connectivity index (χ1) is 11.1. The second-order valence-electron chi connectivity index (χ2n) is 5.64. The highest BCUT2D eigenvalue weighted by Gasteiger charge is 2.18. The molecule has 1 aliphatic rings. The number of ether oxygens (including phenoxy) is 1. The predicted molar refractivity (Wildman–Crippen MR) is 87.9 cm³/mol. The molecule has 5 nitrogen and oxygen atoms in total. The number of nitrogens with one attached hydrogen (secondary N) is 1. The molecule has 1 amide bonds. The van der Waals surface area contributed by atoms with E-state index >= 15 is 0 Å². The molecule has 0 aromatic heterocycles. The summed E-state index contributed by atoms with van der Waals surface area (Å²) in [6, 6.07) is 6.86. The lowest BCUT2D eigenvalue weighted by molar-refractivity contribution is -0.117. The van der Waals surface area contributed by atoms with Crippen molar-refractivity contribution in [3.63, 3.8) is 0 Å². The van der Waals surface area contributed by atoms with Gasteiger partial charge < -0.3 is 15.2 Å². The Balaban J connectivity index is 2.12. The molecule has 1 aromatic rings. The van der Waals surface area contributed by atoms with Gasteiger partial charge in [-0.2, -0.15) is 5.26 Å². The van der Waals surface area contributed by atoms with Crippen molar-refractivity contribution in [3.8, 4) is 17.6 Å². The summed E-state index contributed by atoms with van der Waals surface area (Å²) in [7, 11) is 0. The van der Waals surface area contributed by atoms with Crippen LogP contribution in [0.25, 0.3) is 6.08 Å². The van der Waals surface area contributed by atoms with Crippen LogP contribution in [0.4, 0.5) is 0 Å². The Morgan fingerprint density at radius 1 is 1.43 bits per heavy atom. The summed E-state index contributed by atoms with van der Waals surface area (Å²) in [5.41, 5.74) is 0.699. The van der Waals surface area contributed by atoms with Crippen LogP contribution < -0.4 is 10.1 Å². The molecule has 0 spiro atoms. The van der Waals surface area contributed by atoms with Gasteiger partial charge >= 0.3 is 0 Å². The fraction of sp³-hybridized carbons (Fsp3) is 0.444. The molecule has 2 rings (SSSR count). The Bertz CT molecular complexity index is 626. The average Bonchev–Trinajstić information content (AvgIpc) is 2.56. The molecular formula is C18H22N2O3. The Hall–Kier alpha value is -2.48. The van der Waals surface area contributed by atoms with Gasteiger partial charge in [0.25, 0.3) is 5.91 Å². The van der Waals surface area contributed by atoms with Gasteiger partial charge in [-0.25, -0.2) is 0 Å². The van der Waals surface area contributed by atoms with Crippen LogP contribution in [-0.2, 0) is 4.79 Å². The van der Waals surface area contributed by atoms with Crippen molar-refractivity contribution in [1.29, 1.82) is 5.26 Å². The van der Waals surface area contributed by atoms with Crippen LogP contribution in [0.1, 0.15) is 44.6 Å². The third-order valence-electron chi connectivity index (χ3n) is 3.90. The second-order valence-corrected chi connectivity index (χ2v) is 5.64. The number of carbonyl (C=O) groups is 1. The molecule has 122 valence electrons. The molecule has 0 radical (unpaired) electrons. The number of nitrogens with zero attached hydrogens (tertiary/aromatic N) is 1. The minimum absolute atomic E-state index is 0.0363. The Kier molecular flexibility index (Phi) is 6.04. The summed E-state index contributed by atoms with van der Waals surface area (Å²) in [5, 5.41) is 21.9. The molecule has 23 heavy (non-hydrogen) atoms. The first-order valence-corrected chi connectivity index (χ1v) is 8.02. The van der Waals surface area contributed by atoms with Crippen molar-refractivity contribution in [1.82, 2.24) is 5.32 Å². The van der Waals surface area contributed by atoms with E-state index in [1.807, 2.05) is 13.0 Å². The maximum atomic E-state index is 12.2. The Labute approximate surface area is 136 Å². The third-order valence-corrected chi connectivity index (χ3v) is 3.90. The number of amides is 1. The SMILES string of the molecule is CCOc1cc(/C=C(/C#N)C(=O)NC2CCCCC2)ccc1O. The average molecular weight is 314 g/mol. The van der Waals surface area contributed by atoms with Gasteiger partial charge in [0, 0.05) is 6.04 Å². The summed E-state index contributed by atoms with van der Waals surface area (Å²) in [4.78, 5) is 12.2. The number of benzene rings is 1. The van der Waals surface area contributed by atoms with Crippen LogP contribution in [0.2, 0.25) is 0 Å². The quantitative estimate of drug-likeness (QED) is 0.646. The lowest BCUT2D eigenvalue weighted by Gasteiger charge is -2.22. The van der Waals surface area contributed by atoms with Crippen LogP contribution in [0.3, 0.4) is 0 Å². The van der Waals surface area contributed by atoms with Crippen molar-refractivity contribution >= 4 is 12.0 Å². The first-order valence-electron chi connectivity index (χ1n) is 8.02. The van der Waals surface area contributed by atoms with Gasteiger partial charge in [0.1, 0.15) is 11.6 Å². The van der Waals surface area contributed by atoms with E-state index in [0.717, 1.165) is 25.7 Å². The van der Waals surface area contributed by atoms with Crippen molar-refractivity contribution in [2.24, 2.45) is 0 Å². The molecule has 0 bridgehead atoms. The van der Waals surface area contributed by atoms with Crippen molar-refractivity contribution in [3.05, 3.63) is 29.3 Å². The Morgan fingerprint density at radius 2 is 2.17 bits per heavy atom. The van der Waals surface area contributed by atoms with E-state index in [0.29, 0.717) is 17.9 Å². The van der Waals surface area contributed by atoms with Crippen molar-refractivity contribution in [2.45, 2.75) is 45.1 Å². The standard InChI is InChI=1S/C18H22N2O3/c1-2-23-17-11-13(8-9-16(17)21)10-14(12-19)18(22)20-15-6-4-3-5-7-15/h8-11,15,21H,2-7H2,1H3,(H,20,22)/b14-10-. The monoisotopic (exact) mass is 314 g/mol. The zero-order valence-corrected chi connectivity index (χ0v) is 13.3. The van der Waals surface area contributed by atoms with Crippen molar-refractivity contribution < 1.29 is 14.6 Å². The van der Waals surface area contributed by atoms with E-state index in [-0.39, 0.29) is 23.3 Å². The van der Waals surface area contributed by atoms with E-state index < -0.39 is 0 Å². The molecule has 0 unspecified atom stereocenters. The highest BCUT2D eigenvalue weighted by molar-refractivity contribution is 6.01. The number of hydrogen-bond acceptors (Lipinski definition) is 4. The topological polar surface area (TPSA) is 82.3 Å². The smallest absolute Gasteiger partial charge is 0.262 e. The van der Waals surface area contributed by atoms with Crippen LogP contribution >= 0.6 is 0 Å². The molecule has 0 aliphatic heterocycles. The minimum Gasteiger partial charge on any atom is -0.504 e. The van der Waals surface area contributed by atoms with E-state index in [9.17, 15) is 15.2 Å². The minimum atomic E-state index is -0.342. The summed E-state index contributed by atoms with van der Waals surface area (Å²) >= 11 is 0. The number of phenols is 1. The fourth-order valence-electron chi connectivity index (χ4n) is 2.72. The number of aromatic hydroxyl groups is 1. The van der Waals surface area contributed by atoms with E-state index in [1.54, 1.807) is 12.1 Å². The lowest BCUT2D eigenvalue weighted by Crippen LogP contribution is -2.36. The van der Waals surface area contributed by atoms with Crippen LogP contribution in [0.15, 0.2) is 23.8 Å². The number of rotatable bonds is 5. The highest BCUT2D eigenvalue weighted by Crippen LogP contribution is 2.27. The zero-order valence-electron chi connectivity index (χ0n) is 13.3. The van der Waals surface area contributed by atoms with Gasteiger partial charge in [-0.15, -0.1) is 0 Å². The lowest BCUT2D eigenvalue weighted by atomic mass is 9.95. The number of carbonyl (C=O) groups excluding carboxylic acids is 1. The Morgan fingerprint density at radius 3 is 2.83 bits per heavy atom. The molecule has 1 aliphatic carbocycles. The van der Waals surface area contributed by atoms with E-state index in [2.05, 4.69) is 5.32 Å². The third kappa shape index (κ3) is 4.75. The van der Waals surface area contributed by atoms with E-state index in [1.165, 1.54) is 18.6 Å². The highest BCUT2D eigenvalue weighted by atomic mass is 16.5. The molecule has 0 saturated heterocycles. The number of nitriles is 1. The van der Waals surface area contributed by atoms with Crippen molar-refractivity contribution in [2.75, 3.05) is 6.61 Å². The summed E-state index contributed by atoms with van der Waals surface area (Å²) in [6.45, 7) is 2.24.